The lowest BCUT2D eigenvalue weighted by atomic mass is 10.2. The Labute approximate surface area is 98.9 Å². The van der Waals surface area contributed by atoms with Gasteiger partial charge in [-0.3, -0.25) is 4.79 Å². The van der Waals surface area contributed by atoms with E-state index in [1.54, 1.807) is 6.07 Å². The molecule has 0 radical (unpaired) electrons. The molecular formula is C13H13FN2O. The standard InChI is InChI=1S/C13H13FN2O/c1-16-6-5-10(9-16)8-15-13(17)11-3-2-4-12(14)7-11/h2-7,9H,8H2,1H3,(H,15,17). The Balaban J connectivity index is 1.98. The minimum absolute atomic E-state index is 0.270. The van der Waals surface area contributed by atoms with Gasteiger partial charge in [-0.15, -0.1) is 0 Å². The zero-order valence-corrected chi connectivity index (χ0v) is 9.48. The molecule has 0 unspecified atom stereocenters. The van der Waals surface area contributed by atoms with Crippen molar-refractivity contribution in [2.24, 2.45) is 7.05 Å². The van der Waals surface area contributed by atoms with Crippen LogP contribution < -0.4 is 5.32 Å². The van der Waals surface area contributed by atoms with Crippen LogP contribution in [0.15, 0.2) is 42.7 Å². The SMILES string of the molecule is Cn1ccc(CNC(=O)c2cccc(F)c2)c1. The highest BCUT2D eigenvalue weighted by Crippen LogP contribution is 2.04. The molecule has 0 aliphatic heterocycles. The Morgan fingerprint density at radius 2 is 2.24 bits per heavy atom. The number of halogens is 1. The van der Waals surface area contributed by atoms with Gasteiger partial charge in [-0.25, -0.2) is 4.39 Å². The number of hydrogen-bond donors (Lipinski definition) is 1. The van der Waals surface area contributed by atoms with Crippen LogP contribution in [0.3, 0.4) is 0 Å². The van der Waals surface area contributed by atoms with Gasteiger partial charge < -0.3 is 9.88 Å². The molecule has 17 heavy (non-hydrogen) atoms. The van der Waals surface area contributed by atoms with Crippen molar-refractivity contribution in [2.75, 3.05) is 0 Å². The Bertz CT molecular complexity index is 534. The maximum absolute atomic E-state index is 12.9. The van der Waals surface area contributed by atoms with E-state index in [0.29, 0.717) is 12.1 Å². The van der Waals surface area contributed by atoms with E-state index in [-0.39, 0.29) is 5.91 Å². The predicted octanol–water partition coefficient (Wildman–Crippen LogP) is 2.09. The highest BCUT2D eigenvalue weighted by atomic mass is 19.1. The molecule has 4 heteroatoms. The molecule has 0 aliphatic rings. The molecule has 1 aromatic heterocycles. The van der Waals surface area contributed by atoms with Crippen LogP contribution in [0.1, 0.15) is 15.9 Å². The van der Waals surface area contributed by atoms with Gasteiger partial charge in [0.05, 0.1) is 0 Å². The Morgan fingerprint density at radius 3 is 2.88 bits per heavy atom. The first-order valence-corrected chi connectivity index (χ1v) is 5.30. The number of benzene rings is 1. The summed E-state index contributed by atoms with van der Waals surface area (Å²) in [5.41, 5.74) is 1.35. The highest BCUT2D eigenvalue weighted by molar-refractivity contribution is 5.94. The van der Waals surface area contributed by atoms with Gasteiger partial charge in [0.25, 0.3) is 5.91 Å². The van der Waals surface area contributed by atoms with Gasteiger partial charge in [-0.1, -0.05) is 6.07 Å². The van der Waals surface area contributed by atoms with Crippen LogP contribution in [-0.2, 0) is 13.6 Å². The quantitative estimate of drug-likeness (QED) is 0.863. The van der Waals surface area contributed by atoms with Crippen molar-refractivity contribution >= 4 is 5.91 Å². The number of nitrogens with zero attached hydrogens (tertiary/aromatic N) is 1. The third-order valence-corrected chi connectivity index (χ3v) is 2.43. The Morgan fingerprint density at radius 1 is 1.41 bits per heavy atom. The summed E-state index contributed by atoms with van der Waals surface area (Å²) in [4.78, 5) is 11.7. The average Bonchev–Trinajstić information content (AvgIpc) is 2.72. The fourth-order valence-corrected chi connectivity index (χ4v) is 1.58. The molecule has 2 aromatic rings. The van der Waals surface area contributed by atoms with Crippen LogP contribution in [0, 0.1) is 5.82 Å². The molecule has 0 bridgehead atoms. The van der Waals surface area contributed by atoms with Gasteiger partial charge >= 0.3 is 0 Å². The minimum Gasteiger partial charge on any atom is -0.357 e. The lowest BCUT2D eigenvalue weighted by molar-refractivity contribution is 0.0950. The topological polar surface area (TPSA) is 34.0 Å². The van der Waals surface area contributed by atoms with E-state index in [2.05, 4.69) is 5.32 Å². The van der Waals surface area contributed by atoms with E-state index >= 15 is 0 Å². The Hall–Kier alpha value is -2.10. The van der Waals surface area contributed by atoms with E-state index in [0.717, 1.165) is 5.56 Å². The first kappa shape index (κ1) is 11.4. The first-order chi connectivity index (χ1) is 8.15. The normalized spacial score (nSPS) is 10.2. The monoisotopic (exact) mass is 232 g/mol. The third kappa shape index (κ3) is 2.93. The number of hydrogen-bond acceptors (Lipinski definition) is 1. The summed E-state index contributed by atoms with van der Waals surface area (Å²) in [7, 11) is 1.91. The second kappa shape index (κ2) is 4.82. The molecule has 3 nitrogen and oxygen atoms in total. The summed E-state index contributed by atoms with van der Waals surface area (Å²) < 4.78 is 14.8. The van der Waals surface area contributed by atoms with Crippen LogP contribution in [0.5, 0.6) is 0 Å². The summed E-state index contributed by atoms with van der Waals surface area (Å²) >= 11 is 0. The third-order valence-electron chi connectivity index (χ3n) is 2.43. The van der Waals surface area contributed by atoms with E-state index < -0.39 is 5.82 Å². The van der Waals surface area contributed by atoms with E-state index in [4.69, 9.17) is 0 Å². The molecule has 1 N–H and O–H groups in total. The summed E-state index contributed by atoms with van der Waals surface area (Å²) in [5.74, 6) is -0.675. The number of aryl methyl sites for hydroxylation is 1. The molecule has 88 valence electrons. The van der Waals surface area contributed by atoms with E-state index in [1.165, 1.54) is 18.2 Å². The van der Waals surface area contributed by atoms with Crippen molar-refractivity contribution in [3.63, 3.8) is 0 Å². The first-order valence-electron chi connectivity index (χ1n) is 5.30. The largest absolute Gasteiger partial charge is 0.357 e. The summed E-state index contributed by atoms with van der Waals surface area (Å²) in [6.45, 7) is 0.441. The number of aromatic nitrogens is 1. The second-order valence-electron chi connectivity index (χ2n) is 3.88. The molecule has 0 spiro atoms. The zero-order valence-electron chi connectivity index (χ0n) is 9.48. The van der Waals surface area contributed by atoms with Crippen LogP contribution in [0.4, 0.5) is 4.39 Å². The average molecular weight is 232 g/mol. The zero-order chi connectivity index (χ0) is 12.3. The molecule has 0 aliphatic carbocycles. The van der Waals surface area contributed by atoms with Crippen molar-refractivity contribution in [1.29, 1.82) is 0 Å². The molecule has 1 heterocycles. The predicted molar refractivity (Wildman–Crippen MR) is 63.0 cm³/mol. The summed E-state index contributed by atoms with van der Waals surface area (Å²) in [5, 5.41) is 2.74. The maximum Gasteiger partial charge on any atom is 0.251 e. The summed E-state index contributed by atoms with van der Waals surface area (Å²) in [6, 6.07) is 7.57. The van der Waals surface area contributed by atoms with Gasteiger partial charge in [0.15, 0.2) is 0 Å². The van der Waals surface area contributed by atoms with Crippen LogP contribution in [-0.4, -0.2) is 10.5 Å². The Kier molecular flexibility index (Phi) is 3.23. The fraction of sp³-hybridized carbons (Fsp3) is 0.154. The van der Waals surface area contributed by atoms with Gasteiger partial charge in [0, 0.05) is 31.5 Å². The maximum atomic E-state index is 12.9. The van der Waals surface area contributed by atoms with E-state index in [1.807, 2.05) is 30.1 Å². The number of carbonyl (C=O) groups is 1. The molecule has 0 fully saturated rings. The molecule has 2 rings (SSSR count). The fourth-order valence-electron chi connectivity index (χ4n) is 1.58. The van der Waals surface area contributed by atoms with Crippen molar-refractivity contribution in [3.8, 4) is 0 Å². The van der Waals surface area contributed by atoms with Crippen LogP contribution in [0.25, 0.3) is 0 Å². The second-order valence-corrected chi connectivity index (χ2v) is 3.88. The number of nitrogens with one attached hydrogen (secondary N) is 1. The van der Waals surface area contributed by atoms with Crippen molar-refractivity contribution in [2.45, 2.75) is 6.54 Å². The van der Waals surface area contributed by atoms with Crippen molar-refractivity contribution < 1.29 is 9.18 Å². The van der Waals surface area contributed by atoms with Gasteiger partial charge in [-0.2, -0.15) is 0 Å². The number of rotatable bonds is 3. The number of amides is 1. The molecule has 0 atom stereocenters. The molecule has 0 saturated carbocycles. The van der Waals surface area contributed by atoms with Gasteiger partial charge in [-0.05, 0) is 29.8 Å². The molecule has 1 amide bonds. The van der Waals surface area contributed by atoms with Crippen LogP contribution >= 0.6 is 0 Å². The van der Waals surface area contributed by atoms with Gasteiger partial charge in [0.2, 0.25) is 0 Å². The molecule has 0 saturated heterocycles. The lowest BCUT2D eigenvalue weighted by Gasteiger charge is -2.03. The van der Waals surface area contributed by atoms with Crippen molar-refractivity contribution in [3.05, 3.63) is 59.7 Å². The molecule has 1 aromatic carbocycles. The van der Waals surface area contributed by atoms with Crippen molar-refractivity contribution in [1.82, 2.24) is 9.88 Å². The highest BCUT2D eigenvalue weighted by Gasteiger charge is 2.06. The molecular weight excluding hydrogens is 219 g/mol. The number of carbonyl (C=O) groups excluding carboxylic acids is 1. The van der Waals surface area contributed by atoms with E-state index in [9.17, 15) is 9.18 Å². The van der Waals surface area contributed by atoms with Crippen LogP contribution in [0.2, 0.25) is 0 Å². The smallest absolute Gasteiger partial charge is 0.251 e. The summed E-state index contributed by atoms with van der Waals surface area (Å²) in [6.07, 6.45) is 3.83. The van der Waals surface area contributed by atoms with Gasteiger partial charge in [0.1, 0.15) is 5.82 Å². The lowest BCUT2D eigenvalue weighted by Crippen LogP contribution is -2.22. The minimum atomic E-state index is -0.405.